The number of hydrogen-bond donors (Lipinski definition) is 0. The van der Waals surface area contributed by atoms with Crippen molar-refractivity contribution in [3.05, 3.63) is 46.7 Å². The molecule has 0 aliphatic rings. The highest BCUT2D eigenvalue weighted by molar-refractivity contribution is 6.32. The SMILES string of the molecule is Cn1cc(CCOc2cccc(Cl)c2CCl)cn1. The maximum absolute atomic E-state index is 6.05. The largest absolute Gasteiger partial charge is 0.493 e. The van der Waals surface area contributed by atoms with Gasteiger partial charge in [-0.15, -0.1) is 11.6 Å². The number of rotatable bonds is 5. The zero-order chi connectivity index (χ0) is 13.0. The van der Waals surface area contributed by atoms with E-state index in [4.69, 9.17) is 27.9 Å². The Morgan fingerprint density at radius 3 is 2.89 bits per heavy atom. The lowest BCUT2D eigenvalue weighted by molar-refractivity contribution is 0.319. The summed E-state index contributed by atoms with van der Waals surface area (Å²) in [6.07, 6.45) is 4.62. The molecule has 0 fully saturated rings. The zero-order valence-corrected chi connectivity index (χ0v) is 11.6. The van der Waals surface area contributed by atoms with Crippen molar-refractivity contribution in [3.63, 3.8) is 0 Å². The minimum absolute atomic E-state index is 0.349. The van der Waals surface area contributed by atoms with E-state index in [9.17, 15) is 0 Å². The van der Waals surface area contributed by atoms with E-state index in [1.54, 1.807) is 4.68 Å². The zero-order valence-electron chi connectivity index (χ0n) is 10.1. The minimum Gasteiger partial charge on any atom is -0.493 e. The van der Waals surface area contributed by atoms with Crippen LogP contribution in [-0.2, 0) is 19.3 Å². The summed E-state index contributed by atoms with van der Waals surface area (Å²) in [4.78, 5) is 0. The second kappa shape index (κ2) is 6.12. The van der Waals surface area contributed by atoms with Crippen molar-refractivity contribution in [2.75, 3.05) is 6.61 Å². The first kappa shape index (κ1) is 13.2. The molecule has 2 aromatic rings. The van der Waals surface area contributed by atoms with Crippen LogP contribution in [-0.4, -0.2) is 16.4 Å². The van der Waals surface area contributed by atoms with Gasteiger partial charge in [-0.05, 0) is 17.7 Å². The third-order valence-electron chi connectivity index (χ3n) is 2.62. The number of alkyl halides is 1. The molecular formula is C13H14Cl2N2O. The van der Waals surface area contributed by atoms with Gasteiger partial charge in [0, 0.05) is 30.3 Å². The van der Waals surface area contributed by atoms with Crippen LogP contribution in [0.1, 0.15) is 11.1 Å². The molecule has 0 aliphatic carbocycles. The Labute approximate surface area is 116 Å². The molecule has 0 bridgehead atoms. The molecule has 0 atom stereocenters. The molecule has 0 spiro atoms. The molecule has 5 heteroatoms. The van der Waals surface area contributed by atoms with Gasteiger partial charge in [-0.1, -0.05) is 17.7 Å². The molecule has 18 heavy (non-hydrogen) atoms. The molecule has 0 saturated carbocycles. The van der Waals surface area contributed by atoms with Crippen molar-refractivity contribution in [1.29, 1.82) is 0 Å². The number of halogens is 2. The van der Waals surface area contributed by atoms with Crippen LogP contribution in [0.25, 0.3) is 0 Å². The Balaban J connectivity index is 1.96. The van der Waals surface area contributed by atoms with Crippen molar-refractivity contribution in [3.8, 4) is 5.75 Å². The summed E-state index contributed by atoms with van der Waals surface area (Å²) in [5, 5.41) is 4.75. The van der Waals surface area contributed by atoms with Gasteiger partial charge in [0.1, 0.15) is 5.75 Å². The Morgan fingerprint density at radius 1 is 1.39 bits per heavy atom. The number of aromatic nitrogens is 2. The molecule has 0 unspecified atom stereocenters. The van der Waals surface area contributed by atoms with Crippen LogP contribution >= 0.6 is 23.2 Å². The van der Waals surface area contributed by atoms with Crippen LogP contribution < -0.4 is 4.74 Å². The quantitative estimate of drug-likeness (QED) is 0.787. The second-order valence-electron chi connectivity index (χ2n) is 3.97. The van der Waals surface area contributed by atoms with Gasteiger partial charge in [0.25, 0.3) is 0 Å². The van der Waals surface area contributed by atoms with Gasteiger partial charge in [-0.25, -0.2) is 0 Å². The van der Waals surface area contributed by atoms with E-state index in [-0.39, 0.29) is 0 Å². The van der Waals surface area contributed by atoms with Crippen LogP contribution in [0.3, 0.4) is 0 Å². The Hall–Kier alpha value is -1.19. The molecular weight excluding hydrogens is 271 g/mol. The van der Waals surface area contributed by atoms with Gasteiger partial charge in [0.2, 0.25) is 0 Å². The number of ether oxygens (including phenoxy) is 1. The highest BCUT2D eigenvalue weighted by Crippen LogP contribution is 2.27. The van der Waals surface area contributed by atoms with Crippen molar-refractivity contribution in [2.45, 2.75) is 12.3 Å². The molecule has 0 saturated heterocycles. The van der Waals surface area contributed by atoms with E-state index in [2.05, 4.69) is 5.10 Å². The number of nitrogens with zero attached hydrogens (tertiary/aromatic N) is 2. The van der Waals surface area contributed by atoms with Crippen LogP contribution in [0.4, 0.5) is 0 Å². The second-order valence-corrected chi connectivity index (χ2v) is 4.65. The summed E-state index contributed by atoms with van der Waals surface area (Å²) >= 11 is 11.9. The van der Waals surface area contributed by atoms with Crippen molar-refractivity contribution in [1.82, 2.24) is 9.78 Å². The lowest BCUT2D eigenvalue weighted by atomic mass is 10.2. The third kappa shape index (κ3) is 3.18. The molecule has 1 aromatic carbocycles. The minimum atomic E-state index is 0.349. The smallest absolute Gasteiger partial charge is 0.125 e. The van der Waals surface area contributed by atoms with Gasteiger partial charge in [0.05, 0.1) is 18.7 Å². The number of aryl methyl sites for hydroxylation is 1. The maximum atomic E-state index is 6.05. The first-order chi connectivity index (χ1) is 8.70. The van der Waals surface area contributed by atoms with Crippen LogP contribution in [0, 0.1) is 0 Å². The van der Waals surface area contributed by atoms with Crippen molar-refractivity contribution >= 4 is 23.2 Å². The monoisotopic (exact) mass is 284 g/mol. The first-order valence-electron chi connectivity index (χ1n) is 5.64. The number of hydrogen-bond acceptors (Lipinski definition) is 2. The van der Waals surface area contributed by atoms with Crippen LogP contribution in [0.15, 0.2) is 30.6 Å². The molecule has 96 valence electrons. The summed E-state index contributed by atoms with van der Waals surface area (Å²) in [7, 11) is 1.90. The Morgan fingerprint density at radius 2 is 2.22 bits per heavy atom. The summed E-state index contributed by atoms with van der Waals surface area (Å²) in [6, 6.07) is 5.55. The average Bonchev–Trinajstić information content (AvgIpc) is 2.75. The molecule has 1 aromatic heterocycles. The Bertz CT molecular complexity index is 525. The van der Waals surface area contributed by atoms with Crippen molar-refractivity contribution < 1.29 is 4.74 Å². The van der Waals surface area contributed by atoms with Gasteiger partial charge >= 0.3 is 0 Å². The standard InChI is InChI=1S/C13H14Cl2N2O/c1-17-9-10(8-16-17)5-6-18-13-4-2-3-12(15)11(13)7-14/h2-4,8-9H,5-7H2,1H3. The van der Waals surface area contributed by atoms with E-state index in [0.29, 0.717) is 17.5 Å². The fourth-order valence-corrected chi connectivity index (χ4v) is 2.26. The van der Waals surface area contributed by atoms with E-state index in [1.165, 1.54) is 0 Å². The summed E-state index contributed by atoms with van der Waals surface area (Å²) in [5.41, 5.74) is 1.99. The molecule has 0 amide bonds. The fraction of sp³-hybridized carbons (Fsp3) is 0.308. The Kier molecular flexibility index (Phi) is 4.50. The van der Waals surface area contributed by atoms with Crippen LogP contribution in [0.2, 0.25) is 5.02 Å². The van der Waals surface area contributed by atoms with Gasteiger partial charge in [-0.3, -0.25) is 4.68 Å². The molecule has 0 aliphatic heterocycles. The number of benzene rings is 1. The average molecular weight is 285 g/mol. The fourth-order valence-electron chi connectivity index (χ4n) is 1.68. The lowest BCUT2D eigenvalue weighted by Gasteiger charge is -2.10. The predicted octanol–water partition coefficient (Wildman–Crippen LogP) is 3.43. The molecule has 0 N–H and O–H groups in total. The third-order valence-corrected chi connectivity index (χ3v) is 3.24. The molecule has 3 nitrogen and oxygen atoms in total. The van der Waals surface area contributed by atoms with E-state index < -0.39 is 0 Å². The molecule has 1 heterocycles. The topological polar surface area (TPSA) is 27.1 Å². The van der Waals surface area contributed by atoms with E-state index >= 15 is 0 Å². The summed E-state index contributed by atoms with van der Waals surface area (Å²) in [5.74, 6) is 1.10. The van der Waals surface area contributed by atoms with Crippen molar-refractivity contribution in [2.24, 2.45) is 7.05 Å². The lowest BCUT2D eigenvalue weighted by Crippen LogP contribution is -2.02. The van der Waals surface area contributed by atoms with E-state index in [1.807, 2.05) is 37.6 Å². The van der Waals surface area contributed by atoms with E-state index in [0.717, 1.165) is 23.3 Å². The van der Waals surface area contributed by atoms with Crippen LogP contribution in [0.5, 0.6) is 5.75 Å². The molecule has 2 rings (SSSR count). The summed E-state index contributed by atoms with van der Waals surface area (Å²) in [6.45, 7) is 0.579. The highest BCUT2D eigenvalue weighted by Gasteiger charge is 2.07. The maximum Gasteiger partial charge on any atom is 0.125 e. The molecule has 0 radical (unpaired) electrons. The highest BCUT2D eigenvalue weighted by atomic mass is 35.5. The van der Waals surface area contributed by atoms with Gasteiger partial charge < -0.3 is 4.74 Å². The normalized spacial score (nSPS) is 10.6. The summed E-state index contributed by atoms with van der Waals surface area (Å²) < 4.78 is 7.49. The van der Waals surface area contributed by atoms with Gasteiger partial charge in [0.15, 0.2) is 0 Å². The predicted molar refractivity (Wildman–Crippen MR) is 73.4 cm³/mol. The first-order valence-corrected chi connectivity index (χ1v) is 6.55. The van der Waals surface area contributed by atoms with Gasteiger partial charge in [-0.2, -0.15) is 5.10 Å².